The summed E-state index contributed by atoms with van der Waals surface area (Å²) in [7, 11) is -3.87. The number of nitrogens with one attached hydrogen (secondary N) is 1. The largest absolute Gasteiger partial charge is 0.354 e. The van der Waals surface area contributed by atoms with Gasteiger partial charge in [0.05, 0.1) is 4.90 Å². The SMILES string of the molecule is Cc1cc(F)ccc1S(=O)(=O)Nc1cc(-c2ccccc2)on1. The number of halogens is 1. The van der Waals surface area contributed by atoms with Gasteiger partial charge in [0.15, 0.2) is 11.6 Å². The van der Waals surface area contributed by atoms with Crippen LogP contribution < -0.4 is 4.72 Å². The molecule has 0 aliphatic carbocycles. The Kier molecular flexibility index (Phi) is 3.87. The maximum absolute atomic E-state index is 13.1. The van der Waals surface area contributed by atoms with Gasteiger partial charge in [0.2, 0.25) is 0 Å². The minimum Gasteiger partial charge on any atom is -0.354 e. The van der Waals surface area contributed by atoms with Crippen LogP contribution in [0.5, 0.6) is 0 Å². The molecule has 0 amide bonds. The van der Waals surface area contributed by atoms with Gasteiger partial charge in [0.1, 0.15) is 5.82 Å². The predicted octanol–water partition coefficient (Wildman–Crippen LogP) is 3.59. The quantitative estimate of drug-likeness (QED) is 0.792. The Bertz CT molecular complexity index is 937. The van der Waals surface area contributed by atoms with Crippen molar-refractivity contribution in [3.05, 3.63) is 66.0 Å². The van der Waals surface area contributed by atoms with Crippen LogP contribution in [0.25, 0.3) is 11.3 Å². The van der Waals surface area contributed by atoms with Crippen LogP contribution in [0.4, 0.5) is 10.2 Å². The molecule has 0 aliphatic rings. The van der Waals surface area contributed by atoms with Gasteiger partial charge in [-0.1, -0.05) is 35.5 Å². The van der Waals surface area contributed by atoms with E-state index in [0.717, 1.165) is 17.7 Å². The van der Waals surface area contributed by atoms with Crippen molar-refractivity contribution in [2.24, 2.45) is 0 Å². The van der Waals surface area contributed by atoms with Crippen molar-refractivity contribution < 1.29 is 17.3 Å². The van der Waals surface area contributed by atoms with Crippen molar-refractivity contribution in [3.63, 3.8) is 0 Å². The van der Waals surface area contributed by atoms with E-state index in [4.69, 9.17) is 4.52 Å². The smallest absolute Gasteiger partial charge is 0.263 e. The van der Waals surface area contributed by atoms with E-state index in [1.165, 1.54) is 19.1 Å². The normalized spacial score (nSPS) is 11.4. The number of aryl methyl sites for hydroxylation is 1. The highest BCUT2D eigenvalue weighted by molar-refractivity contribution is 7.92. The summed E-state index contributed by atoms with van der Waals surface area (Å²) in [5, 5.41) is 3.71. The van der Waals surface area contributed by atoms with Crippen molar-refractivity contribution >= 4 is 15.8 Å². The first-order valence-corrected chi connectivity index (χ1v) is 8.25. The van der Waals surface area contributed by atoms with E-state index in [1.54, 1.807) is 0 Å². The Labute approximate surface area is 132 Å². The summed E-state index contributed by atoms with van der Waals surface area (Å²) in [6.45, 7) is 1.52. The molecule has 2 aromatic carbocycles. The van der Waals surface area contributed by atoms with E-state index < -0.39 is 15.8 Å². The molecule has 5 nitrogen and oxygen atoms in total. The number of benzene rings is 2. The molecular formula is C16H13FN2O3S. The Balaban J connectivity index is 1.88. The minimum atomic E-state index is -3.87. The summed E-state index contributed by atoms with van der Waals surface area (Å²) in [5.41, 5.74) is 1.09. The molecule has 0 spiro atoms. The highest BCUT2D eigenvalue weighted by Gasteiger charge is 2.19. The number of rotatable bonds is 4. The van der Waals surface area contributed by atoms with Gasteiger partial charge in [-0.25, -0.2) is 12.8 Å². The van der Waals surface area contributed by atoms with Gasteiger partial charge in [-0.3, -0.25) is 4.72 Å². The van der Waals surface area contributed by atoms with Crippen LogP contribution in [0, 0.1) is 12.7 Å². The number of nitrogens with zero attached hydrogens (tertiary/aromatic N) is 1. The maximum atomic E-state index is 13.1. The van der Waals surface area contributed by atoms with Crippen LogP contribution in [0.1, 0.15) is 5.56 Å². The minimum absolute atomic E-state index is 0.0110. The van der Waals surface area contributed by atoms with Crippen LogP contribution in [0.3, 0.4) is 0 Å². The zero-order valence-electron chi connectivity index (χ0n) is 12.2. The molecule has 0 saturated carbocycles. The molecule has 1 N–H and O–H groups in total. The first-order chi connectivity index (χ1) is 11.0. The number of hydrogen-bond acceptors (Lipinski definition) is 4. The Morgan fingerprint density at radius 3 is 2.52 bits per heavy atom. The molecular weight excluding hydrogens is 319 g/mol. The molecule has 0 aliphatic heterocycles. The standard InChI is InChI=1S/C16H13FN2O3S/c1-11-9-13(17)7-8-15(11)23(20,21)19-16-10-14(22-18-16)12-5-3-2-4-6-12/h2-10H,1H3,(H,18,19). The zero-order chi connectivity index (χ0) is 16.4. The molecule has 0 saturated heterocycles. The summed E-state index contributed by atoms with van der Waals surface area (Å²) in [4.78, 5) is -0.0110. The summed E-state index contributed by atoms with van der Waals surface area (Å²) in [5.74, 6) is 0.0148. The van der Waals surface area contributed by atoms with Gasteiger partial charge in [-0.05, 0) is 30.7 Å². The van der Waals surface area contributed by atoms with Crippen molar-refractivity contribution in [1.82, 2.24) is 5.16 Å². The van der Waals surface area contributed by atoms with Crippen LogP contribution in [-0.2, 0) is 10.0 Å². The third-order valence-electron chi connectivity index (χ3n) is 3.23. The molecule has 0 bridgehead atoms. The van der Waals surface area contributed by atoms with E-state index in [2.05, 4.69) is 9.88 Å². The average molecular weight is 332 g/mol. The van der Waals surface area contributed by atoms with Crippen molar-refractivity contribution in [1.29, 1.82) is 0 Å². The predicted molar refractivity (Wildman–Crippen MR) is 83.9 cm³/mol. The summed E-state index contributed by atoms with van der Waals surface area (Å²) in [6.07, 6.45) is 0. The number of anilines is 1. The second-order valence-corrected chi connectivity index (χ2v) is 6.61. The molecule has 3 rings (SSSR count). The van der Waals surface area contributed by atoms with Gasteiger partial charge >= 0.3 is 0 Å². The Morgan fingerprint density at radius 1 is 1.09 bits per heavy atom. The second-order valence-electron chi connectivity index (χ2n) is 4.96. The van der Waals surface area contributed by atoms with E-state index in [9.17, 15) is 12.8 Å². The fraction of sp³-hybridized carbons (Fsp3) is 0.0625. The topological polar surface area (TPSA) is 72.2 Å². The molecule has 0 unspecified atom stereocenters. The molecule has 0 fully saturated rings. The number of hydrogen-bond donors (Lipinski definition) is 1. The lowest BCUT2D eigenvalue weighted by molar-refractivity contribution is 0.435. The lowest BCUT2D eigenvalue weighted by Gasteiger charge is -2.07. The van der Waals surface area contributed by atoms with Crippen LogP contribution in [-0.4, -0.2) is 13.6 Å². The van der Waals surface area contributed by atoms with Crippen molar-refractivity contribution in [3.8, 4) is 11.3 Å². The highest BCUT2D eigenvalue weighted by Crippen LogP contribution is 2.24. The Morgan fingerprint density at radius 2 is 1.83 bits per heavy atom. The molecule has 0 atom stereocenters. The van der Waals surface area contributed by atoms with E-state index in [0.29, 0.717) is 11.3 Å². The molecule has 0 radical (unpaired) electrons. The Hall–Kier alpha value is -2.67. The van der Waals surface area contributed by atoms with Crippen LogP contribution in [0.15, 0.2) is 64.0 Å². The molecule has 7 heteroatoms. The van der Waals surface area contributed by atoms with Gasteiger partial charge in [-0.15, -0.1) is 0 Å². The highest BCUT2D eigenvalue weighted by atomic mass is 32.2. The average Bonchev–Trinajstić information content (AvgIpc) is 2.95. The summed E-state index contributed by atoms with van der Waals surface area (Å²) < 4.78 is 45.3. The van der Waals surface area contributed by atoms with Gasteiger partial charge < -0.3 is 4.52 Å². The van der Waals surface area contributed by atoms with Gasteiger partial charge in [0, 0.05) is 11.6 Å². The number of sulfonamides is 1. The molecule has 23 heavy (non-hydrogen) atoms. The zero-order valence-corrected chi connectivity index (χ0v) is 13.0. The maximum Gasteiger partial charge on any atom is 0.263 e. The van der Waals surface area contributed by atoms with Gasteiger partial charge in [0.25, 0.3) is 10.0 Å². The summed E-state index contributed by atoms with van der Waals surface area (Å²) >= 11 is 0. The second kappa shape index (κ2) is 5.85. The fourth-order valence-corrected chi connectivity index (χ4v) is 3.38. The molecule has 3 aromatic rings. The third kappa shape index (κ3) is 3.24. The van der Waals surface area contributed by atoms with E-state index in [1.807, 2.05) is 30.3 Å². The summed E-state index contributed by atoms with van der Waals surface area (Å²) in [6, 6.07) is 14.1. The lowest BCUT2D eigenvalue weighted by atomic mass is 10.2. The molecule has 1 aromatic heterocycles. The first-order valence-electron chi connectivity index (χ1n) is 6.77. The third-order valence-corrected chi connectivity index (χ3v) is 4.75. The van der Waals surface area contributed by atoms with Crippen LogP contribution in [0.2, 0.25) is 0 Å². The fourth-order valence-electron chi connectivity index (χ4n) is 2.17. The monoisotopic (exact) mass is 332 g/mol. The van der Waals surface area contributed by atoms with E-state index in [-0.39, 0.29) is 10.7 Å². The van der Waals surface area contributed by atoms with Crippen molar-refractivity contribution in [2.45, 2.75) is 11.8 Å². The van der Waals surface area contributed by atoms with Crippen LogP contribution >= 0.6 is 0 Å². The van der Waals surface area contributed by atoms with Crippen molar-refractivity contribution in [2.75, 3.05) is 4.72 Å². The van der Waals surface area contributed by atoms with Gasteiger partial charge in [-0.2, -0.15) is 0 Å². The molecule has 118 valence electrons. The molecule has 1 heterocycles. The lowest BCUT2D eigenvalue weighted by Crippen LogP contribution is -2.14. The van der Waals surface area contributed by atoms with E-state index >= 15 is 0 Å². The first kappa shape index (κ1) is 15.2. The number of aromatic nitrogens is 1.